The number of anilines is 2. The summed E-state index contributed by atoms with van der Waals surface area (Å²) in [6.45, 7) is 2.54. The molecule has 1 atom stereocenters. The molecule has 1 unspecified atom stereocenters. The first-order valence-corrected chi connectivity index (χ1v) is 5.86. The number of likely N-dealkylation sites (N-methyl/N-ethyl adjacent to an activating group) is 1. The van der Waals surface area contributed by atoms with Crippen LogP contribution in [0.25, 0.3) is 0 Å². The van der Waals surface area contributed by atoms with Crippen LogP contribution < -0.4 is 11.1 Å². The molecule has 0 aliphatic rings. The van der Waals surface area contributed by atoms with E-state index in [0.717, 1.165) is 0 Å². The Hall–Kier alpha value is -1.86. The lowest BCUT2D eigenvalue weighted by Gasteiger charge is -2.27. The van der Waals surface area contributed by atoms with Gasteiger partial charge in [-0.1, -0.05) is 0 Å². The van der Waals surface area contributed by atoms with Crippen molar-refractivity contribution in [3.8, 4) is 0 Å². The van der Waals surface area contributed by atoms with Gasteiger partial charge in [-0.05, 0) is 33.2 Å². The minimum absolute atomic E-state index is 0.0993. The van der Waals surface area contributed by atoms with E-state index in [1.54, 1.807) is 13.0 Å². The summed E-state index contributed by atoms with van der Waals surface area (Å²) in [6.07, 6.45) is 0. The van der Waals surface area contributed by atoms with E-state index in [2.05, 4.69) is 5.32 Å². The smallest absolute Gasteiger partial charge is 0.292 e. The number of rotatable bonds is 6. The van der Waals surface area contributed by atoms with Crippen LogP contribution in [0.5, 0.6) is 0 Å². The maximum Gasteiger partial charge on any atom is 0.292 e. The van der Waals surface area contributed by atoms with Crippen LogP contribution in [0, 0.1) is 10.1 Å². The van der Waals surface area contributed by atoms with Gasteiger partial charge in [-0.3, -0.25) is 10.1 Å². The summed E-state index contributed by atoms with van der Waals surface area (Å²) in [6, 6.07) is 4.41. The van der Waals surface area contributed by atoms with Crippen molar-refractivity contribution in [3.05, 3.63) is 28.3 Å². The van der Waals surface area contributed by atoms with Gasteiger partial charge in [0.2, 0.25) is 0 Å². The third kappa shape index (κ3) is 4.72. The van der Waals surface area contributed by atoms with E-state index < -0.39 is 10.5 Å². The van der Waals surface area contributed by atoms with Gasteiger partial charge in [-0.2, -0.15) is 0 Å². The maximum atomic E-state index is 10.6. The van der Waals surface area contributed by atoms with Gasteiger partial charge >= 0.3 is 0 Å². The summed E-state index contributed by atoms with van der Waals surface area (Å²) in [7, 11) is 3.75. The Bertz CT molecular complexity index is 460. The summed E-state index contributed by atoms with van der Waals surface area (Å²) in [4.78, 5) is 12.0. The fourth-order valence-electron chi connectivity index (χ4n) is 1.86. The van der Waals surface area contributed by atoms with Gasteiger partial charge in [0, 0.05) is 24.8 Å². The van der Waals surface area contributed by atoms with Gasteiger partial charge in [0.25, 0.3) is 5.69 Å². The van der Waals surface area contributed by atoms with Gasteiger partial charge in [-0.15, -0.1) is 0 Å². The monoisotopic (exact) mass is 268 g/mol. The van der Waals surface area contributed by atoms with E-state index in [4.69, 9.17) is 5.73 Å². The Balaban J connectivity index is 2.69. The average molecular weight is 268 g/mol. The van der Waals surface area contributed by atoms with Crippen molar-refractivity contribution in [2.75, 3.05) is 38.2 Å². The van der Waals surface area contributed by atoms with Crippen molar-refractivity contribution in [3.63, 3.8) is 0 Å². The number of hydrogen-bond donors (Lipinski definition) is 3. The number of aliphatic hydroxyl groups is 1. The Morgan fingerprint density at radius 1 is 1.53 bits per heavy atom. The highest BCUT2D eigenvalue weighted by atomic mass is 16.6. The molecule has 0 spiro atoms. The summed E-state index contributed by atoms with van der Waals surface area (Å²) >= 11 is 0. The van der Waals surface area contributed by atoms with Gasteiger partial charge in [0.15, 0.2) is 0 Å². The summed E-state index contributed by atoms with van der Waals surface area (Å²) < 4.78 is 0. The molecule has 0 heterocycles. The lowest BCUT2D eigenvalue weighted by molar-refractivity contribution is -0.383. The zero-order valence-electron chi connectivity index (χ0n) is 11.4. The Morgan fingerprint density at radius 2 is 2.16 bits per heavy atom. The first-order valence-electron chi connectivity index (χ1n) is 5.86. The quantitative estimate of drug-likeness (QED) is 0.402. The first kappa shape index (κ1) is 15.2. The molecule has 1 aromatic rings. The minimum atomic E-state index is -0.903. The lowest BCUT2D eigenvalue weighted by Crippen LogP contribution is -2.43. The molecule has 0 radical (unpaired) electrons. The van der Waals surface area contributed by atoms with E-state index in [1.165, 1.54) is 12.1 Å². The molecule has 0 aliphatic carbocycles. The molecule has 4 N–H and O–H groups in total. The molecule has 0 aliphatic heterocycles. The predicted molar refractivity (Wildman–Crippen MR) is 75.2 cm³/mol. The molecule has 0 saturated carbocycles. The van der Waals surface area contributed by atoms with Gasteiger partial charge < -0.3 is 21.1 Å². The fourth-order valence-corrected chi connectivity index (χ4v) is 1.86. The molecule has 1 aromatic carbocycles. The van der Waals surface area contributed by atoms with Crippen LogP contribution in [0.15, 0.2) is 18.2 Å². The van der Waals surface area contributed by atoms with Crippen molar-refractivity contribution in [1.29, 1.82) is 0 Å². The van der Waals surface area contributed by atoms with Crippen molar-refractivity contribution in [2.45, 2.75) is 12.5 Å². The zero-order valence-corrected chi connectivity index (χ0v) is 11.4. The molecule has 0 aromatic heterocycles. The highest BCUT2D eigenvalue weighted by molar-refractivity contribution is 5.65. The molecule has 1 rings (SSSR count). The molecule has 106 valence electrons. The maximum absolute atomic E-state index is 10.6. The second kappa shape index (κ2) is 5.85. The highest BCUT2D eigenvalue weighted by Gasteiger charge is 2.21. The van der Waals surface area contributed by atoms with Crippen LogP contribution in [-0.2, 0) is 0 Å². The van der Waals surface area contributed by atoms with Crippen LogP contribution in [0.1, 0.15) is 6.92 Å². The summed E-state index contributed by atoms with van der Waals surface area (Å²) in [5.41, 5.74) is 5.31. The third-order valence-electron chi connectivity index (χ3n) is 2.55. The number of hydrogen-bond acceptors (Lipinski definition) is 6. The third-order valence-corrected chi connectivity index (χ3v) is 2.55. The number of nitro groups is 1. The molecule has 19 heavy (non-hydrogen) atoms. The second-order valence-corrected chi connectivity index (χ2v) is 5.12. The molecule has 0 bridgehead atoms. The number of nitrogen functional groups attached to an aromatic ring is 1. The summed E-state index contributed by atoms with van der Waals surface area (Å²) in [5, 5.41) is 23.8. The molecular formula is C12H20N4O3. The van der Waals surface area contributed by atoms with Crippen molar-refractivity contribution in [1.82, 2.24) is 4.90 Å². The van der Waals surface area contributed by atoms with Crippen LogP contribution in [0.2, 0.25) is 0 Å². The Labute approximate surface area is 112 Å². The number of nitrogens with one attached hydrogen (secondary N) is 1. The molecule has 0 amide bonds. The van der Waals surface area contributed by atoms with Crippen molar-refractivity contribution >= 4 is 17.1 Å². The molecule has 7 nitrogen and oxygen atoms in total. The van der Waals surface area contributed by atoms with E-state index in [0.29, 0.717) is 18.8 Å². The molecule has 0 saturated heterocycles. The molecule has 7 heteroatoms. The highest BCUT2D eigenvalue weighted by Crippen LogP contribution is 2.24. The largest absolute Gasteiger partial charge is 0.393 e. The number of benzene rings is 1. The second-order valence-electron chi connectivity index (χ2n) is 5.12. The van der Waals surface area contributed by atoms with Gasteiger partial charge in [-0.25, -0.2) is 0 Å². The number of nitro benzene ring substituents is 1. The average Bonchev–Trinajstić information content (AvgIpc) is 2.24. The van der Waals surface area contributed by atoms with E-state index in [-0.39, 0.29) is 11.4 Å². The SMILES string of the molecule is CN(C)CC(C)(O)CNc1ccc([N+](=O)[O-])c(N)c1. The van der Waals surface area contributed by atoms with E-state index >= 15 is 0 Å². The van der Waals surface area contributed by atoms with Crippen LogP contribution in [-0.4, -0.2) is 47.7 Å². The Morgan fingerprint density at radius 3 is 2.63 bits per heavy atom. The van der Waals surface area contributed by atoms with E-state index in [9.17, 15) is 15.2 Å². The van der Waals surface area contributed by atoms with Crippen molar-refractivity contribution < 1.29 is 10.0 Å². The Kier molecular flexibility index (Phi) is 4.68. The lowest BCUT2D eigenvalue weighted by atomic mass is 10.1. The van der Waals surface area contributed by atoms with Crippen LogP contribution in [0.3, 0.4) is 0 Å². The fraction of sp³-hybridized carbons (Fsp3) is 0.500. The van der Waals surface area contributed by atoms with Crippen molar-refractivity contribution in [2.24, 2.45) is 0 Å². The van der Waals surface area contributed by atoms with E-state index in [1.807, 2.05) is 19.0 Å². The van der Waals surface area contributed by atoms with Crippen LogP contribution >= 0.6 is 0 Å². The minimum Gasteiger partial charge on any atom is -0.393 e. The standard InChI is InChI=1S/C12H20N4O3/c1-12(17,8-15(2)3)7-14-9-4-5-11(16(18)19)10(13)6-9/h4-6,14,17H,7-8,13H2,1-3H3. The number of nitrogens with two attached hydrogens (primary N) is 1. The predicted octanol–water partition coefficient (Wildman–Crippen LogP) is 0.901. The zero-order chi connectivity index (χ0) is 14.6. The van der Waals surface area contributed by atoms with Crippen LogP contribution in [0.4, 0.5) is 17.1 Å². The first-order chi connectivity index (χ1) is 8.71. The van der Waals surface area contributed by atoms with Gasteiger partial charge in [0.05, 0.1) is 10.5 Å². The topological polar surface area (TPSA) is 105 Å². The normalized spacial score (nSPS) is 14.2. The number of nitrogens with zero attached hydrogens (tertiary/aromatic N) is 2. The van der Waals surface area contributed by atoms with Gasteiger partial charge in [0.1, 0.15) is 5.69 Å². The summed E-state index contributed by atoms with van der Waals surface area (Å²) in [5.74, 6) is 0. The molecular weight excluding hydrogens is 248 g/mol. The molecule has 0 fully saturated rings.